The Hall–Kier alpha value is -0.690. The minimum atomic E-state index is -0.842. The highest BCUT2D eigenvalue weighted by molar-refractivity contribution is 5.65. The van der Waals surface area contributed by atoms with Crippen molar-refractivity contribution in [1.29, 1.82) is 0 Å². The predicted octanol–water partition coefficient (Wildman–Crippen LogP) is -0.213. The molecule has 2 fully saturated rings. The molecule has 2 aliphatic heterocycles. The van der Waals surface area contributed by atoms with Gasteiger partial charge >= 0.3 is 5.97 Å². The molecule has 0 amide bonds. The van der Waals surface area contributed by atoms with Crippen LogP contribution in [0.5, 0.6) is 0 Å². The topological polar surface area (TPSA) is 74.2 Å². The summed E-state index contributed by atoms with van der Waals surface area (Å²) in [4.78, 5) is 10.6. The van der Waals surface area contributed by atoms with E-state index < -0.39 is 36.4 Å². The van der Waals surface area contributed by atoms with Crippen molar-refractivity contribution in [3.05, 3.63) is 0 Å². The Kier molecular flexibility index (Phi) is 2.91. The first-order valence-corrected chi connectivity index (χ1v) is 5.21. The zero-order chi connectivity index (χ0) is 11.9. The van der Waals surface area contributed by atoms with Gasteiger partial charge in [-0.25, -0.2) is 0 Å². The number of rotatable bonds is 2. The van der Waals surface area contributed by atoms with Crippen LogP contribution < -0.4 is 0 Å². The standard InChI is InChI=1S/C10H16O6/c1-5(11)13-4-6-7(12)8-9(14-6)16-10(2,3)15-8/h6-9,12H,4H2,1-3H3/t6-,7+,8-,9-/m1/s1. The Labute approximate surface area is 93.4 Å². The summed E-state index contributed by atoms with van der Waals surface area (Å²) in [6, 6.07) is 0. The van der Waals surface area contributed by atoms with Gasteiger partial charge in [0.1, 0.15) is 24.9 Å². The molecule has 2 heterocycles. The number of carbonyl (C=O) groups is 1. The fraction of sp³-hybridized carbons (Fsp3) is 0.900. The Morgan fingerprint density at radius 1 is 1.44 bits per heavy atom. The molecular weight excluding hydrogens is 216 g/mol. The summed E-state index contributed by atoms with van der Waals surface area (Å²) in [5.74, 6) is -1.15. The molecule has 2 aliphatic rings. The molecule has 2 rings (SSSR count). The monoisotopic (exact) mass is 232 g/mol. The molecule has 0 bridgehead atoms. The number of hydrogen-bond acceptors (Lipinski definition) is 6. The second-order valence-corrected chi connectivity index (χ2v) is 4.44. The van der Waals surface area contributed by atoms with Crippen LogP contribution in [0.25, 0.3) is 0 Å². The summed E-state index contributed by atoms with van der Waals surface area (Å²) >= 11 is 0. The Bertz CT molecular complexity index is 289. The van der Waals surface area contributed by atoms with Crippen LogP contribution in [0.2, 0.25) is 0 Å². The maximum Gasteiger partial charge on any atom is 0.302 e. The highest BCUT2D eigenvalue weighted by atomic mass is 16.8. The summed E-state index contributed by atoms with van der Waals surface area (Å²) < 4.78 is 21.1. The first-order valence-electron chi connectivity index (χ1n) is 5.21. The van der Waals surface area contributed by atoms with E-state index in [2.05, 4.69) is 0 Å². The highest BCUT2D eigenvalue weighted by Gasteiger charge is 2.54. The van der Waals surface area contributed by atoms with E-state index in [4.69, 9.17) is 18.9 Å². The number of aliphatic hydroxyl groups is 1. The SMILES string of the molecule is CC(=O)OC[C@H]1O[C@@H]2OC(C)(C)O[C@@H]2[C@H]1O. The predicted molar refractivity (Wildman–Crippen MR) is 51.3 cm³/mol. The van der Waals surface area contributed by atoms with E-state index in [0.717, 1.165) is 0 Å². The van der Waals surface area contributed by atoms with E-state index in [1.54, 1.807) is 13.8 Å². The third-order valence-corrected chi connectivity index (χ3v) is 2.57. The molecule has 16 heavy (non-hydrogen) atoms. The Morgan fingerprint density at radius 2 is 2.12 bits per heavy atom. The van der Waals surface area contributed by atoms with Gasteiger partial charge in [-0.2, -0.15) is 0 Å². The summed E-state index contributed by atoms with van der Waals surface area (Å²) in [5.41, 5.74) is 0. The molecule has 0 unspecified atom stereocenters. The summed E-state index contributed by atoms with van der Waals surface area (Å²) in [6.07, 6.45) is -2.54. The van der Waals surface area contributed by atoms with Crippen LogP contribution in [0, 0.1) is 0 Å². The molecule has 0 aromatic rings. The lowest BCUT2D eigenvalue weighted by atomic mass is 10.1. The van der Waals surface area contributed by atoms with E-state index in [9.17, 15) is 9.90 Å². The van der Waals surface area contributed by atoms with Crippen molar-refractivity contribution in [3.63, 3.8) is 0 Å². The lowest BCUT2D eigenvalue weighted by Crippen LogP contribution is -2.36. The van der Waals surface area contributed by atoms with Crippen molar-refractivity contribution in [2.75, 3.05) is 6.61 Å². The minimum Gasteiger partial charge on any atom is -0.463 e. The van der Waals surface area contributed by atoms with Gasteiger partial charge in [-0.05, 0) is 13.8 Å². The molecule has 0 aromatic heterocycles. The number of ether oxygens (including phenoxy) is 4. The van der Waals surface area contributed by atoms with Gasteiger partial charge in [0, 0.05) is 6.92 Å². The maximum atomic E-state index is 10.6. The number of carbonyl (C=O) groups excluding carboxylic acids is 1. The average molecular weight is 232 g/mol. The van der Waals surface area contributed by atoms with Crippen LogP contribution in [-0.2, 0) is 23.7 Å². The van der Waals surface area contributed by atoms with Crippen LogP contribution in [0.4, 0.5) is 0 Å². The molecule has 0 radical (unpaired) electrons. The van der Waals surface area contributed by atoms with Crippen molar-refractivity contribution >= 4 is 5.97 Å². The number of aliphatic hydroxyl groups excluding tert-OH is 1. The van der Waals surface area contributed by atoms with Crippen LogP contribution in [0.1, 0.15) is 20.8 Å². The molecule has 0 saturated carbocycles. The second-order valence-electron chi connectivity index (χ2n) is 4.44. The normalized spacial score (nSPS) is 40.8. The van der Waals surface area contributed by atoms with E-state index in [-0.39, 0.29) is 6.61 Å². The lowest BCUT2D eigenvalue weighted by molar-refractivity contribution is -0.220. The molecule has 0 spiro atoms. The van der Waals surface area contributed by atoms with Crippen LogP contribution in [-0.4, -0.2) is 48.1 Å². The molecule has 4 atom stereocenters. The third kappa shape index (κ3) is 2.20. The van der Waals surface area contributed by atoms with Gasteiger partial charge in [0.15, 0.2) is 12.1 Å². The van der Waals surface area contributed by atoms with Gasteiger partial charge in [-0.15, -0.1) is 0 Å². The second kappa shape index (κ2) is 3.96. The zero-order valence-corrected chi connectivity index (χ0v) is 9.50. The van der Waals surface area contributed by atoms with Gasteiger partial charge in [0.2, 0.25) is 0 Å². The highest BCUT2D eigenvalue weighted by Crippen LogP contribution is 2.37. The van der Waals surface area contributed by atoms with Crippen molar-refractivity contribution in [3.8, 4) is 0 Å². The molecule has 1 N–H and O–H groups in total. The van der Waals surface area contributed by atoms with Crippen LogP contribution in [0.3, 0.4) is 0 Å². The fourth-order valence-electron chi connectivity index (χ4n) is 1.90. The summed E-state index contributed by atoms with van der Waals surface area (Å²) in [6.45, 7) is 4.82. The molecule has 0 aliphatic carbocycles. The molecule has 2 saturated heterocycles. The zero-order valence-electron chi connectivity index (χ0n) is 9.50. The third-order valence-electron chi connectivity index (χ3n) is 2.57. The summed E-state index contributed by atoms with van der Waals surface area (Å²) in [5, 5.41) is 9.88. The average Bonchev–Trinajstić information content (AvgIpc) is 2.58. The molecule has 6 heteroatoms. The Balaban J connectivity index is 1.92. The van der Waals surface area contributed by atoms with E-state index in [0.29, 0.717) is 0 Å². The van der Waals surface area contributed by atoms with Crippen molar-refractivity contribution < 1.29 is 28.8 Å². The molecule has 92 valence electrons. The van der Waals surface area contributed by atoms with E-state index >= 15 is 0 Å². The smallest absolute Gasteiger partial charge is 0.302 e. The molecule has 6 nitrogen and oxygen atoms in total. The first kappa shape index (κ1) is 11.8. The van der Waals surface area contributed by atoms with Gasteiger partial charge in [-0.3, -0.25) is 4.79 Å². The van der Waals surface area contributed by atoms with Crippen LogP contribution >= 0.6 is 0 Å². The van der Waals surface area contributed by atoms with Crippen molar-refractivity contribution in [2.45, 2.75) is 51.2 Å². The minimum absolute atomic E-state index is 0.0106. The largest absolute Gasteiger partial charge is 0.463 e. The van der Waals surface area contributed by atoms with Gasteiger partial charge in [0.25, 0.3) is 0 Å². The van der Waals surface area contributed by atoms with Gasteiger partial charge in [-0.1, -0.05) is 0 Å². The number of hydrogen-bond donors (Lipinski definition) is 1. The lowest BCUT2D eigenvalue weighted by Gasteiger charge is -2.22. The quantitative estimate of drug-likeness (QED) is 0.664. The first-order chi connectivity index (χ1) is 7.39. The Morgan fingerprint density at radius 3 is 2.69 bits per heavy atom. The number of fused-ring (bicyclic) bond motifs is 1. The van der Waals surface area contributed by atoms with E-state index in [1.807, 2.05) is 0 Å². The fourth-order valence-corrected chi connectivity index (χ4v) is 1.90. The van der Waals surface area contributed by atoms with Gasteiger partial charge in [0.05, 0.1) is 0 Å². The van der Waals surface area contributed by atoms with E-state index in [1.165, 1.54) is 6.92 Å². The molecular formula is C10H16O6. The summed E-state index contributed by atoms with van der Waals surface area (Å²) in [7, 11) is 0. The van der Waals surface area contributed by atoms with Gasteiger partial charge < -0.3 is 24.1 Å². The number of esters is 1. The maximum absolute atomic E-state index is 10.6. The van der Waals surface area contributed by atoms with Crippen molar-refractivity contribution in [1.82, 2.24) is 0 Å². The van der Waals surface area contributed by atoms with Crippen molar-refractivity contribution in [2.24, 2.45) is 0 Å². The van der Waals surface area contributed by atoms with Crippen LogP contribution in [0.15, 0.2) is 0 Å². The molecule has 0 aromatic carbocycles.